The first-order valence-electron chi connectivity index (χ1n) is 8.78. The van der Waals surface area contributed by atoms with Crippen LogP contribution in [0.1, 0.15) is 30.5 Å². The van der Waals surface area contributed by atoms with E-state index >= 15 is 0 Å². The first-order chi connectivity index (χ1) is 12.3. The number of amides is 2. The van der Waals surface area contributed by atoms with Crippen molar-refractivity contribution in [3.63, 3.8) is 0 Å². The summed E-state index contributed by atoms with van der Waals surface area (Å²) >= 11 is 0. The monoisotopic (exact) mass is 357 g/mol. The van der Waals surface area contributed by atoms with E-state index in [1.165, 1.54) is 11.6 Å². The molecule has 26 heavy (non-hydrogen) atoms. The molecule has 0 aliphatic carbocycles. The number of urea groups is 1. The molecule has 2 amide bonds. The molecule has 0 spiro atoms. The summed E-state index contributed by atoms with van der Waals surface area (Å²) in [6, 6.07) is 14.5. The molecule has 2 aromatic rings. The second kappa shape index (κ2) is 8.81. The third-order valence-electron chi connectivity index (χ3n) is 4.34. The zero-order valence-corrected chi connectivity index (χ0v) is 16.0. The molecule has 140 valence electrons. The number of carbonyl (C=O) groups excluding carboxylic acids is 1. The van der Waals surface area contributed by atoms with E-state index in [-0.39, 0.29) is 11.8 Å². The maximum Gasteiger partial charge on any atom is 0.315 e. The molecule has 0 heterocycles. The summed E-state index contributed by atoms with van der Waals surface area (Å²) in [5.41, 5.74) is 2.37. The van der Waals surface area contributed by atoms with Crippen LogP contribution in [0.2, 0.25) is 0 Å². The molecule has 0 aromatic heterocycles. The minimum absolute atomic E-state index is 0.252. The third kappa shape index (κ3) is 5.56. The van der Waals surface area contributed by atoms with E-state index in [9.17, 15) is 9.18 Å². The topological polar surface area (TPSA) is 44.4 Å². The molecule has 0 bridgehead atoms. The van der Waals surface area contributed by atoms with Crippen LogP contribution in [0, 0.1) is 5.82 Å². The van der Waals surface area contributed by atoms with Crippen LogP contribution < -0.4 is 10.6 Å². The SMILES string of the molecule is CN(C)Cc1ccccc1CNC(=O)NCC(C)(C)c1ccccc1F. The van der Waals surface area contributed by atoms with Crippen molar-refractivity contribution in [3.05, 3.63) is 71.0 Å². The Kier molecular flexibility index (Phi) is 6.75. The highest BCUT2D eigenvalue weighted by Gasteiger charge is 2.24. The van der Waals surface area contributed by atoms with Crippen molar-refractivity contribution in [1.29, 1.82) is 0 Å². The van der Waals surface area contributed by atoms with Crippen LogP contribution in [0.3, 0.4) is 0 Å². The number of nitrogens with one attached hydrogen (secondary N) is 2. The van der Waals surface area contributed by atoms with Gasteiger partial charge in [-0.05, 0) is 36.9 Å². The zero-order chi connectivity index (χ0) is 19.2. The van der Waals surface area contributed by atoms with Gasteiger partial charge in [0.15, 0.2) is 0 Å². The maximum absolute atomic E-state index is 14.0. The van der Waals surface area contributed by atoms with Gasteiger partial charge in [0.1, 0.15) is 5.82 Å². The van der Waals surface area contributed by atoms with Crippen LogP contribution in [-0.4, -0.2) is 31.6 Å². The van der Waals surface area contributed by atoms with E-state index in [2.05, 4.69) is 21.6 Å². The van der Waals surface area contributed by atoms with Crippen LogP contribution in [0.15, 0.2) is 48.5 Å². The normalized spacial score (nSPS) is 11.5. The van der Waals surface area contributed by atoms with Crippen molar-refractivity contribution >= 4 is 6.03 Å². The van der Waals surface area contributed by atoms with Gasteiger partial charge in [0.05, 0.1) is 0 Å². The summed E-state index contributed by atoms with van der Waals surface area (Å²) in [5.74, 6) is -0.252. The average molecular weight is 357 g/mol. The van der Waals surface area contributed by atoms with Gasteiger partial charge in [0.2, 0.25) is 0 Å². The standard InChI is InChI=1S/C21H28FN3O/c1-21(2,18-11-7-8-12-19(18)22)15-24-20(26)23-13-16-9-5-6-10-17(16)14-25(3)4/h5-12H,13-15H2,1-4H3,(H2,23,24,26). The summed E-state index contributed by atoms with van der Waals surface area (Å²) in [4.78, 5) is 14.3. The largest absolute Gasteiger partial charge is 0.337 e. The number of halogens is 1. The average Bonchev–Trinajstić information content (AvgIpc) is 2.59. The second-order valence-electron chi connectivity index (χ2n) is 7.41. The van der Waals surface area contributed by atoms with Crippen molar-refractivity contribution in [1.82, 2.24) is 15.5 Å². The Morgan fingerprint density at radius 3 is 2.27 bits per heavy atom. The fourth-order valence-electron chi connectivity index (χ4n) is 2.87. The van der Waals surface area contributed by atoms with Crippen LogP contribution in [-0.2, 0) is 18.5 Å². The quantitative estimate of drug-likeness (QED) is 0.794. The molecule has 4 nitrogen and oxygen atoms in total. The van der Waals surface area contributed by atoms with Crippen molar-refractivity contribution in [3.8, 4) is 0 Å². The fourth-order valence-corrected chi connectivity index (χ4v) is 2.87. The molecule has 2 aromatic carbocycles. The summed E-state index contributed by atoms with van der Waals surface area (Å²) in [5, 5.41) is 5.74. The van der Waals surface area contributed by atoms with E-state index in [1.54, 1.807) is 12.1 Å². The Hall–Kier alpha value is -2.40. The molecule has 0 saturated heterocycles. The van der Waals surface area contributed by atoms with Crippen LogP contribution in [0.5, 0.6) is 0 Å². The van der Waals surface area contributed by atoms with Crippen molar-refractivity contribution < 1.29 is 9.18 Å². The Balaban J connectivity index is 1.91. The van der Waals surface area contributed by atoms with Crippen LogP contribution in [0.4, 0.5) is 9.18 Å². The molecule has 0 radical (unpaired) electrons. The summed E-state index contributed by atoms with van der Waals surface area (Å²) in [6.07, 6.45) is 0. The molecule has 2 N–H and O–H groups in total. The lowest BCUT2D eigenvalue weighted by atomic mass is 9.84. The summed E-state index contributed by atoms with van der Waals surface area (Å²) < 4.78 is 14.0. The molecular formula is C21H28FN3O. The van der Waals surface area contributed by atoms with E-state index < -0.39 is 5.41 Å². The minimum Gasteiger partial charge on any atom is -0.337 e. The maximum atomic E-state index is 14.0. The van der Waals surface area contributed by atoms with Crippen LogP contribution >= 0.6 is 0 Å². The van der Waals surface area contributed by atoms with Gasteiger partial charge >= 0.3 is 6.03 Å². The zero-order valence-electron chi connectivity index (χ0n) is 16.0. The predicted molar refractivity (Wildman–Crippen MR) is 103 cm³/mol. The summed E-state index contributed by atoms with van der Waals surface area (Å²) in [7, 11) is 4.03. The lowest BCUT2D eigenvalue weighted by molar-refractivity contribution is 0.237. The molecule has 0 aliphatic heterocycles. The van der Waals surface area contributed by atoms with Gasteiger partial charge in [-0.25, -0.2) is 9.18 Å². The highest BCUT2D eigenvalue weighted by atomic mass is 19.1. The van der Waals surface area contributed by atoms with Crippen molar-refractivity contribution in [2.75, 3.05) is 20.6 Å². The van der Waals surface area contributed by atoms with E-state index in [0.717, 1.165) is 12.1 Å². The number of rotatable bonds is 7. The molecule has 0 aliphatic rings. The third-order valence-corrected chi connectivity index (χ3v) is 4.34. The minimum atomic E-state index is -0.495. The lowest BCUT2D eigenvalue weighted by Crippen LogP contribution is -2.42. The van der Waals surface area contributed by atoms with Crippen LogP contribution in [0.25, 0.3) is 0 Å². The number of benzene rings is 2. The van der Waals surface area contributed by atoms with Gasteiger partial charge in [-0.1, -0.05) is 56.3 Å². The smallest absolute Gasteiger partial charge is 0.315 e. The van der Waals surface area contributed by atoms with Gasteiger partial charge in [-0.2, -0.15) is 0 Å². The molecule has 5 heteroatoms. The van der Waals surface area contributed by atoms with E-state index in [1.807, 2.05) is 52.2 Å². The Labute approximate surface area is 155 Å². The lowest BCUT2D eigenvalue weighted by Gasteiger charge is -2.26. The Bertz CT molecular complexity index is 744. The first-order valence-corrected chi connectivity index (χ1v) is 8.78. The predicted octanol–water partition coefficient (Wildman–Crippen LogP) is 3.66. The number of nitrogens with zero attached hydrogens (tertiary/aromatic N) is 1. The van der Waals surface area contributed by atoms with Gasteiger partial charge in [-0.15, -0.1) is 0 Å². The van der Waals surface area contributed by atoms with Gasteiger partial charge in [0.25, 0.3) is 0 Å². The molecule has 0 fully saturated rings. The Morgan fingerprint density at radius 1 is 1.00 bits per heavy atom. The second-order valence-corrected chi connectivity index (χ2v) is 7.41. The summed E-state index contributed by atoms with van der Waals surface area (Å²) in [6.45, 7) is 5.45. The first kappa shape index (κ1) is 19.9. The van der Waals surface area contributed by atoms with Crippen molar-refractivity contribution in [2.45, 2.75) is 32.4 Å². The molecule has 2 rings (SSSR count). The fraction of sp³-hybridized carbons (Fsp3) is 0.381. The van der Waals surface area contributed by atoms with Gasteiger partial charge in [-0.3, -0.25) is 0 Å². The van der Waals surface area contributed by atoms with Gasteiger partial charge in [0, 0.05) is 25.0 Å². The van der Waals surface area contributed by atoms with Gasteiger partial charge < -0.3 is 15.5 Å². The van der Waals surface area contributed by atoms with E-state index in [0.29, 0.717) is 18.7 Å². The Morgan fingerprint density at radius 2 is 1.62 bits per heavy atom. The molecule has 0 atom stereocenters. The highest BCUT2D eigenvalue weighted by molar-refractivity contribution is 5.74. The van der Waals surface area contributed by atoms with E-state index in [4.69, 9.17) is 0 Å². The molecule has 0 unspecified atom stereocenters. The number of carbonyl (C=O) groups is 1. The number of hydrogen-bond donors (Lipinski definition) is 2. The number of hydrogen-bond acceptors (Lipinski definition) is 2. The van der Waals surface area contributed by atoms with Crippen molar-refractivity contribution in [2.24, 2.45) is 0 Å². The molecule has 0 saturated carbocycles. The highest BCUT2D eigenvalue weighted by Crippen LogP contribution is 2.24. The molecular weight excluding hydrogens is 329 g/mol.